The zero-order chi connectivity index (χ0) is 11.7. The van der Waals surface area contributed by atoms with Gasteiger partial charge in [0.1, 0.15) is 5.75 Å². The Balaban J connectivity index is 0.00000144. The number of rotatable bonds is 1. The van der Waals surface area contributed by atoms with E-state index >= 15 is 0 Å². The molecule has 0 heterocycles. The first kappa shape index (κ1) is 15.6. The summed E-state index contributed by atoms with van der Waals surface area (Å²) in [6.45, 7) is 0. The second kappa shape index (κ2) is 6.64. The van der Waals surface area contributed by atoms with Crippen molar-refractivity contribution in [3.05, 3.63) is 50.0 Å². The summed E-state index contributed by atoms with van der Waals surface area (Å²) in [6, 6.07) is 10.6. The van der Waals surface area contributed by atoms with Crippen molar-refractivity contribution in [3.8, 4) is 16.9 Å². The number of benzene rings is 2. The van der Waals surface area contributed by atoms with E-state index in [4.69, 9.17) is 23.2 Å². The Labute approximate surface area is 146 Å². The van der Waals surface area contributed by atoms with E-state index in [0.717, 1.165) is 14.7 Å². The van der Waals surface area contributed by atoms with E-state index in [1.165, 1.54) is 0 Å². The topological polar surface area (TPSA) is 20.2 Å². The monoisotopic (exact) mass is 388 g/mol. The molecule has 0 atom stereocenters. The van der Waals surface area contributed by atoms with Crippen LogP contribution in [0.1, 0.15) is 0 Å². The quantitative estimate of drug-likeness (QED) is 0.569. The van der Waals surface area contributed by atoms with Gasteiger partial charge >= 0.3 is 29.6 Å². The van der Waals surface area contributed by atoms with Crippen molar-refractivity contribution in [2.24, 2.45) is 0 Å². The van der Waals surface area contributed by atoms with Crippen LogP contribution in [-0.4, -0.2) is 34.7 Å². The molecule has 0 aliphatic carbocycles. The Bertz CT molecular complexity index is 526. The molecule has 0 unspecified atom stereocenters. The fourth-order valence-corrected chi connectivity index (χ4v) is 2.70. The first-order valence-electron chi connectivity index (χ1n) is 4.53. The van der Waals surface area contributed by atoms with Crippen LogP contribution in [0.4, 0.5) is 0 Å². The zero-order valence-corrected chi connectivity index (χ0v) is 11.7. The predicted octanol–water partition coefficient (Wildman–Crippen LogP) is 4.32. The van der Waals surface area contributed by atoms with Crippen LogP contribution in [-0.2, 0) is 0 Å². The van der Waals surface area contributed by atoms with Gasteiger partial charge in [-0.05, 0) is 40.8 Å². The van der Waals surface area contributed by atoms with Crippen LogP contribution >= 0.6 is 45.8 Å². The Morgan fingerprint density at radius 1 is 0.941 bits per heavy atom. The minimum absolute atomic E-state index is 0. The molecule has 1 nitrogen and oxygen atoms in total. The maximum absolute atomic E-state index is 9.65. The molecule has 0 spiro atoms. The van der Waals surface area contributed by atoms with Gasteiger partial charge in [-0.3, -0.25) is 0 Å². The molecule has 0 fully saturated rings. The molecule has 0 aromatic heterocycles. The summed E-state index contributed by atoms with van der Waals surface area (Å²) in [5, 5.41) is 10.8. The van der Waals surface area contributed by atoms with E-state index in [1.54, 1.807) is 30.3 Å². The summed E-state index contributed by atoms with van der Waals surface area (Å²) >= 11 is 14.3. The Kier molecular flexibility index (Phi) is 6.10. The van der Waals surface area contributed by atoms with Gasteiger partial charge in [0.25, 0.3) is 0 Å². The molecule has 2 aromatic rings. The standard InChI is InChI=1S/C12H7Cl2IO.Na.H/c13-8-4-2-5-9(14)11(8)7-3-1-6-10(16)12(7)15;;/h1-6,16H;;. The first-order chi connectivity index (χ1) is 7.61. The molecular formula is C12H8Cl2INaO. The first-order valence-corrected chi connectivity index (χ1v) is 6.36. The second-order valence-corrected chi connectivity index (χ2v) is 5.13. The van der Waals surface area contributed by atoms with Crippen LogP contribution in [0.3, 0.4) is 0 Å². The van der Waals surface area contributed by atoms with Crippen LogP contribution in [0.25, 0.3) is 11.1 Å². The van der Waals surface area contributed by atoms with Gasteiger partial charge < -0.3 is 5.11 Å². The molecule has 1 N–H and O–H groups in total. The molecule has 17 heavy (non-hydrogen) atoms. The maximum atomic E-state index is 9.65. The van der Waals surface area contributed by atoms with Gasteiger partial charge in [-0.1, -0.05) is 41.4 Å². The number of hydrogen-bond acceptors (Lipinski definition) is 1. The van der Waals surface area contributed by atoms with Crippen molar-refractivity contribution in [2.45, 2.75) is 0 Å². The SMILES string of the molecule is Oc1cccc(-c2c(Cl)cccc2Cl)c1I.[NaH]. The van der Waals surface area contributed by atoms with Gasteiger partial charge in [-0.15, -0.1) is 0 Å². The van der Waals surface area contributed by atoms with Gasteiger partial charge in [0.2, 0.25) is 0 Å². The number of hydrogen-bond donors (Lipinski definition) is 1. The van der Waals surface area contributed by atoms with Crippen LogP contribution in [0.15, 0.2) is 36.4 Å². The van der Waals surface area contributed by atoms with Crippen molar-refractivity contribution in [3.63, 3.8) is 0 Å². The minimum atomic E-state index is 0. The molecule has 0 amide bonds. The Morgan fingerprint density at radius 2 is 1.47 bits per heavy atom. The van der Waals surface area contributed by atoms with Crippen molar-refractivity contribution in [1.29, 1.82) is 0 Å². The van der Waals surface area contributed by atoms with Crippen LogP contribution in [0, 0.1) is 3.57 Å². The zero-order valence-electron chi connectivity index (χ0n) is 8.05. The number of phenols is 1. The van der Waals surface area contributed by atoms with Crippen molar-refractivity contribution in [2.75, 3.05) is 0 Å². The second-order valence-electron chi connectivity index (χ2n) is 3.24. The number of halogens is 3. The van der Waals surface area contributed by atoms with E-state index in [0.29, 0.717) is 10.0 Å². The van der Waals surface area contributed by atoms with Crippen molar-refractivity contribution >= 4 is 75.4 Å². The average molecular weight is 389 g/mol. The normalized spacial score (nSPS) is 9.82. The summed E-state index contributed by atoms with van der Waals surface area (Å²) in [5.41, 5.74) is 1.60. The van der Waals surface area contributed by atoms with E-state index in [-0.39, 0.29) is 35.3 Å². The average Bonchev–Trinajstić information content (AvgIpc) is 2.24. The molecule has 0 bridgehead atoms. The van der Waals surface area contributed by atoms with Crippen LogP contribution in [0.2, 0.25) is 10.0 Å². The summed E-state index contributed by atoms with van der Waals surface area (Å²) in [7, 11) is 0. The fraction of sp³-hybridized carbons (Fsp3) is 0. The van der Waals surface area contributed by atoms with Crippen molar-refractivity contribution in [1.82, 2.24) is 0 Å². The summed E-state index contributed by atoms with van der Waals surface area (Å²) in [6.07, 6.45) is 0. The van der Waals surface area contributed by atoms with Crippen molar-refractivity contribution < 1.29 is 5.11 Å². The van der Waals surface area contributed by atoms with E-state index in [2.05, 4.69) is 22.6 Å². The Hall–Kier alpha value is 0.550. The molecule has 0 aliphatic rings. The van der Waals surface area contributed by atoms with Gasteiger partial charge in [0.15, 0.2) is 0 Å². The van der Waals surface area contributed by atoms with E-state index in [1.807, 2.05) is 6.07 Å². The van der Waals surface area contributed by atoms with Gasteiger partial charge in [-0.25, -0.2) is 0 Å². The molecular weight excluding hydrogens is 381 g/mol. The fourth-order valence-electron chi connectivity index (χ4n) is 1.47. The van der Waals surface area contributed by atoms with E-state index < -0.39 is 0 Å². The predicted molar refractivity (Wildman–Crippen MR) is 83.4 cm³/mol. The van der Waals surface area contributed by atoms with Gasteiger partial charge in [0.05, 0.1) is 3.57 Å². The summed E-state index contributed by atoms with van der Waals surface area (Å²) < 4.78 is 0.745. The summed E-state index contributed by atoms with van der Waals surface area (Å²) in [4.78, 5) is 0. The van der Waals surface area contributed by atoms with Gasteiger partial charge in [-0.2, -0.15) is 0 Å². The van der Waals surface area contributed by atoms with Crippen LogP contribution in [0.5, 0.6) is 5.75 Å². The summed E-state index contributed by atoms with van der Waals surface area (Å²) in [5.74, 6) is 0.231. The molecule has 2 rings (SSSR count). The molecule has 0 saturated heterocycles. The molecule has 84 valence electrons. The third-order valence-electron chi connectivity index (χ3n) is 2.21. The third-order valence-corrected chi connectivity index (χ3v) is 3.97. The third kappa shape index (κ3) is 3.31. The van der Waals surface area contributed by atoms with Gasteiger partial charge in [0, 0.05) is 21.2 Å². The Morgan fingerprint density at radius 3 is 2.06 bits per heavy atom. The molecule has 0 saturated carbocycles. The number of aromatic hydroxyl groups is 1. The molecule has 0 radical (unpaired) electrons. The van der Waals surface area contributed by atoms with Crippen LogP contribution < -0.4 is 0 Å². The number of phenolic OH excluding ortho intramolecular Hbond substituents is 1. The molecule has 0 aliphatic heterocycles. The molecule has 2 aromatic carbocycles. The molecule has 5 heteroatoms. The van der Waals surface area contributed by atoms with E-state index in [9.17, 15) is 5.11 Å².